The molecule has 2 heterocycles. The third-order valence-corrected chi connectivity index (χ3v) is 5.83. The molecule has 0 saturated carbocycles. The van der Waals surface area contributed by atoms with E-state index in [0.29, 0.717) is 24.4 Å². The van der Waals surface area contributed by atoms with Gasteiger partial charge in [0.25, 0.3) is 0 Å². The van der Waals surface area contributed by atoms with E-state index in [0.717, 1.165) is 13.2 Å². The lowest BCUT2D eigenvalue weighted by Crippen LogP contribution is -2.14. The zero-order valence-corrected chi connectivity index (χ0v) is 26.5. The highest BCUT2D eigenvalue weighted by molar-refractivity contribution is 5.80. The summed E-state index contributed by atoms with van der Waals surface area (Å²) in [7, 11) is 3.38. The number of benzene rings is 2. The molecule has 39 heavy (non-hydrogen) atoms. The number of hydrogen-bond donors (Lipinski definition) is 0. The number of methoxy groups -OCH3 is 2. The van der Waals surface area contributed by atoms with Crippen LogP contribution in [0.25, 0.3) is 11.1 Å². The maximum atomic E-state index is 5.03. The third kappa shape index (κ3) is 14.5. The molecule has 0 spiro atoms. The minimum Gasteiger partial charge on any atom is -0.382 e. The van der Waals surface area contributed by atoms with Gasteiger partial charge in [-0.3, -0.25) is 0 Å². The van der Waals surface area contributed by atoms with Crippen molar-refractivity contribution in [3.63, 3.8) is 0 Å². The van der Waals surface area contributed by atoms with Crippen LogP contribution in [0.4, 0.5) is 0 Å². The molecule has 4 heteroatoms. The smallest absolute Gasteiger partial charge is 0.107 e. The topological polar surface area (TPSA) is 43.5 Å². The maximum Gasteiger partial charge on any atom is 0.107 e. The SMILES string of the molecule is C.C.CC.CC.CC.CC.CC1(C)c2ccccc2-c2ccccc21.COCC1OC1C.COCC1OC1C. The summed E-state index contributed by atoms with van der Waals surface area (Å²) >= 11 is 0. The molecule has 2 aromatic rings. The van der Waals surface area contributed by atoms with Crippen LogP contribution in [0.2, 0.25) is 0 Å². The fourth-order valence-corrected chi connectivity index (χ4v) is 3.81. The van der Waals surface area contributed by atoms with E-state index in [2.05, 4.69) is 62.4 Å². The molecule has 230 valence electrons. The molecule has 4 nitrogen and oxygen atoms in total. The Bertz CT molecular complexity index is 737. The molecule has 2 saturated heterocycles. The van der Waals surface area contributed by atoms with Crippen LogP contribution in [-0.2, 0) is 24.4 Å². The van der Waals surface area contributed by atoms with E-state index < -0.39 is 0 Å². The van der Waals surface area contributed by atoms with Crippen LogP contribution < -0.4 is 0 Å². The second kappa shape index (κ2) is 25.3. The predicted molar refractivity (Wildman–Crippen MR) is 175 cm³/mol. The van der Waals surface area contributed by atoms with Crippen molar-refractivity contribution in [3.8, 4) is 11.1 Å². The Labute approximate surface area is 244 Å². The largest absolute Gasteiger partial charge is 0.382 e. The van der Waals surface area contributed by atoms with Gasteiger partial charge >= 0.3 is 0 Å². The first-order valence-electron chi connectivity index (χ1n) is 14.4. The van der Waals surface area contributed by atoms with Gasteiger partial charge < -0.3 is 18.9 Å². The van der Waals surface area contributed by atoms with Crippen molar-refractivity contribution < 1.29 is 18.9 Å². The van der Waals surface area contributed by atoms with Crippen LogP contribution in [0.3, 0.4) is 0 Å². The number of hydrogen-bond acceptors (Lipinski definition) is 4. The zero-order valence-electron chi connectivity index (χ0n) is 26.5. The van der Waals surface area contributed by atoms with Crippen molar-refractivity contribution >= 4 is 0 Å². The average Bonchev–Trinajstić information content (AvgIpc) is 3.85. The monoisotopic (exact) mass is 550 g/mol. The van der Waals surface area contributed by atoms with E-state index in [-0.39, 0.29) is 20.3 Å². The Morgan fingerprint density at radius 3 is 1.05 bits per heavy atom. The van der Waals surface area contributed by atoms with Crippen LogP contribution >= 0.6 is 0 Å². The average molecular weight is 551 g/mol. The Balaban J connectivity index is -0.000000219. The predicted octanol–water partition coefficient (Wildman–Crippen LogP) is 10.2. The van der Waals surface area contributed by atoms with Gasteiger partial charge in [0.1, 0.15) is 12.2 Å². The number of ether oxygens (including phenoxy) is 4. The minimum absolute atomic E-state index is 0. The molecule has 2 aromatic carbocycles. The quantitative estimate of drug-likeness (QED) is 0.355. The summed E-state index contributed by atoms with van der Waals surface area (Å²) in [6.07, 6.45) is 1.68. The fraction of sp³-hybridized carbons (Fsp3) is 0.657. The normalized spacial score (nSPS) is 20.6. The molecule has 2 aliphatic heterocycles. The Morgan fingerprint density at radius 1 is 0.590 bits per heavy atom. The van der Waals surface area contributed by atoms with Crippen LogP contribution in [0.1, 0.15) is 109 Å². The summed E-state index contributed by atoms with van der Waals surface area (Å²) in [6, 6.07) is 17.4. The van der Waals surface area contributed by atoms with Crippen molar-refractivity contribution in [2.75, 3.05) is 27.4 Å². The fourth-order valence-electron chi connectivity index (χ4n) is 3.81. The maximum absolute atomic E-state index is 5.03. The lowest BCUT2D eigenvalue weighted by molar-refractivity contribution is 0.171. The number of rotatable bonds is 4. The van der Waals surface area contributed by atoms with Crippen LogP contribution in [0.5, 0.6) is 0 Å². The van der Waals surface area contributed by atoms with E-state index in [4.69, 9.17) is 18.9 Å². The summed E-state index contributed by atoms with van der Waals surface area (Å²) in [5.41, 5.74) is 5.86. The Hall–Kier alpha value is -1.72. The summed E-state index contributed by atoms with van der Waals surface area (Å²) < 4.78 is 19.7. The van der Waals surface area contributed by atoms with E-state index in [9.17, 15) is 0 Å². The van der Waals surface area contributed by atoms with Crippen molar-refractivity contribution in [2.45, 2.75) is 128 Å². The molecule has 0 radical (unpaired) electrons. The molecule has 0 bridgehead atoms. The van der Waals surface area contributed by atoms with Gasteiger partial charge in [-0.25, -0.2) is 0 Å². The molecule has 1 aliphatic carbocycles. The van der Waals surface area contributed by atoms with Gasteiger partial charge in [-0.2, -0.15) is 0 Å². The van der Waals surface area contributed by atoms with Crippen molar-refractivity contribution in [2.24, 2.45) is 0 Å². The van der Waals surface area contributed by atoms with E-state index in [1.165, 1.54) is 22.3 Å². The molecular weight excluding hydrogens is 484 g/mol. The first-order chi connectivity index (χ1) is 17.9. The van der Waals surface area contributed by atoms with Gasteiger partial charge in [0.15, 0.2) is 0 Å². The van der Waals surface area contributed by atoms with Gasteiger partial charge in [0.05, 0.1) is 25.4 Å². The lowest BCUT2D eigenvalue weighted by atomic mass is 9.82. The first-order valence-corrected chi connectivity index (χ1v) is 14.4. The van der Waals surface area contributed by atoms with Crippen molar-refractivity contribution in [1.82, 2.24) is 0 Å². The molecule has 2 fully saturated rings. The van der Waals surface area contributed by atoms with Crippen molar-refractivity contribution in [1.29, 1.82) is 0 Å². The standard InChI is InChI=1S/C15H14.2C5H10O2.4C2H6.2CH4/c1-15(2)13-9-5-3-7-11(13)12-8-4-6-10-14(12)15;2*1-4-5(7-4)3-6-2;4*1-2;;/h3-10H,1-2H3;2*4-5H,3H2,1-2H3;4*1-2H3;2*1H4. The van der Waals surface area contributed by atoms with Crippen LogP contribution in [0.15, 0.2) is 48.5 Å². The summed E-state index contributed by atoms with van der Waals surface area (Å²) in [5.74, 6) is 0. The van der Waals surface area contributed by atoms with Crippen LogP contribution in [-0.4, -0.2) is 51.8 Å². The van der Waals surface area contributed by atoms with Gasteiger partial charge in [0.2, 0.25) is 0 Å². The minimum atomic E-state index is 0. The number of fused-ring (bicyclic) bond motifs is 3. The molecule has 4 atom stereocenters. The molecule has 5 rings (SSSR count). The molecule has 3 aliphatic rings. The summed E-state index contributed by atoms with van der Waals surface area (Å²) in [6.45, 7) is 26.2. The Kier molecular flexibility index (Phi) is 28.7. The summed E-state index contributed by atoms with van der Waals surface area (Å²) in [4.78, 5) is 0. The van der Waals surface area contributed by atoms with Gasteiger partial charge in [0, 0.05) is 19.6 Å². The van der Waals surface area contributed by atoms with E-state index in [1.807, 2.05) is 69.2 Å². The second-order valence-electron chi connectivity index (χ2n) is 8.39. The summed E-state index contributed by atoms with van der Waals surface area (Å²) in [5, 5.41) is 0. The highest BCUT2D eigenvalue weighted by Crippen LogP contribution is 2.47. The highest BCUT2D eigenvalue weighted by Gasteiger charge is 2.35. The highest BCUT2D eigenvalue weighted by atomic mass is 16.6. The lowest BCUT2D eigenvalue weighted by Gasteiger charge is -2.20. The van der Waals surface area contributed by atoms with Gasteiger partial charge in [-0.15, -0.1) is 0 Å². The third-order valence-electron chi connectivity index (χ3n) is 5.83. The van der Waals surface area contributed by atoms with E-state index in [1.54, 1.807) is 14.2 Å². The zero-order chi connectivity index (χ0) is 29.0. The van der Waals surface area contributed by atoms with Gasteiger partial charge in [-0.1, -0.05) is 133 Å². The van der Waals surface area contributed by atoms with E-state index >= 15 is 0 Å². The molecule has 0 amide bonds. The second-order valence-corrected chi connectivity index (χ2v) is 8.39. The Morgan fingerprint density at radius 2 is 0.846 bits per heavy atom. The van der Waals surface area contributed by atoms with Gasteiger partial charge in [-0.05, 0) is 36.1 Å². The molecule has 0 aromatic heterocycles. The first kappa shape index (κ1) is 44.3. The molecule has 0 N–H and O–H groups in total. The van der Waals surface area contributed by atoms with Crippen molar-refractivity contribution in [3.05, 3.63) is 59.7 Å². The molecule has 4 unspecified atom stereocenters. The van der Waals surface area contributed by atoms with Crippen LogP contribution in [0, 0.1) is 0 Å². The molecular formula is C35H66O4. The number of epoxide rings is 2.